The van der Waals surface area contributed by atoms with E-state index in [0.717, 1.165) is 10.4 Å². The van der Waals surface area contributed by atoms with Crippen molar-refractivity contribution in [3.63, 3.8) is 0 Å². The van der Waals surface area contributed by atoms with Crippen LogP contribution < -0.4 is 5.73 Å². The van der Waals surface area contributed by atoms with Crippen LogP contribution in [0.25, 0.3) is 0 Å². The number of nitrogens with two attached hydrogens (primary N) is 1. The van der Waals surface area contributed by atoms with Crippen LogP contribution in [-0.4, -0.2) is 36.5 Å². The second-order valence-corrected chi connectivity index (χ2v) is 8.11. The second-order valence-electron chi connectivity index (χ2n) is 5.35. The van der Waals surface area contributed by atoms with E-state index in [-0.39, 0.29) is 29.2 Å². The van der Waals surface area contributed by atoms with Crippen molar-refractivity contribution in [3.05, 3.63) is 22.4 Å². The fraction of sp³-hybridized carbons (Fsp3) is 0.500. The molecule has 0 bridgehead atoms. The first kappa shape index (κ1) is 15.7. The molecule has 0 aliphatic carbocycles. The number of aliphatic hydroxyl groups is 1. The smallest absolute Gasteiger partial charge is 0.246 e. The number of sulfonamides is 1. The number of benzene rings is 1. The molecule has 5 nitrogen and oxygen atoms in total. The van der Waals surface area contributed by atoms with Crippen LogP contribution in [0.2, 0.25) is 0 Å². The molecule has 0 amide bonds. The van der Waals surface area contributed by atoms with Crippen molar-refractivity contribution in [2.45, 2.75) is 24.3 Å². The Balaban J connectivity index is 2.35. The normalized spacial score (nSPS) is 19.1. The highest BCUT2D eigenvalue weighted by molar-refractivity contribution is 9.10. The number of β-amino-alcohol motifs (C(OH)–C–C–N with tert-alkyl or cyclic N) is 1. The average molecular weight is 367 g/mol. The lowest BCUT2D eigenvalue weighted by Crippen LogP contribution is -2.65. The quantitative estimate of drug-likeness (QED) is 0.795. The summed E-state index contributed by atoms with van der Waals surface area (Å²) in [6.45, 7) is 3.53. The molecule has 1 aliphatic heterocycles. The fourth-order valence-electron chi connectivity index (χ4n) is 2.01. The van der Waals surface area contributed by atoms with E-state index in [1.54, 1.807) is 0 Å². The first-order chi connectivity index (χ1) is 9.08. The van der Waals surface area contributed by atoms with E-state index < -0.39 is 26.3 Å². The molecular weight excluding hydrogens is 351 g/mol. The molecule has 0 aromatic heterocycles. The molecule has 2 rings (SSSR count). The zero-order valence-corrected chi connectivity index (χ0v) is 13.5. The van der Waals surface area contributed by atoms with Crippen molar-refractivity contribution < 1.29 is 17.9 Å². The van der Waals surface area contributed by atoms with Crippen LogP contribution in [0, 0.1) is 11.7 Å². The van der Waals surface area contributed by atoms with Crippen LogP contribution in [0.3, 0.4) is 0 Å². The van der Waals surface area contributed by atoms with Gasteiger partial charge in [0.25, 0.3) is 0 Å². The van der Waals surface area contributed by atoms with Crippen molar-refractivity contribution in [3.8, 4) is 0 Å². The lowest BCUT2D eigenvalue weighted by molar-refractivity contribution is -0.0933. The Morgan fingerprint density at radius 1 is 1.45 bits per heavy atom. The maximum atomic E-state index is 14.0. The van der Waals surface area contributed by atoms with Gasteiger partial charge in [-0.2, -0.15) is 4.31 Å². The lowest BCUT2D eigenvalue weighted by Gasteiger charge is -2.47. The molecule has 0 unspecified atom stereocenters. The predicted octanol–water partition coefficient (Wildman–Crippen LogP) is 1.56. The molecule has 0 spiro atoms. The monoisotopic (exact) mass is 366 g/mol. The van der Waals surface area contributed by atoms with Crippen LogP contribution >= 0.6 is 15.9 Å². The number of nitrogens with zero attached hydrogens (tertiary/aromatic N) is 1. The van der Waals surface area contributed by atoms with E-state index >= 15 is 0 Å². The van der Waals surface area contributed by atoms with Gasteiger partial charge in [-0.1, -0.05) is 13.8 Å². The summed E-state index contributed by atoms with van der Waals surface area (Å²) in [4.78, 5) is -0.477. The van der Waals surface area contributed by atoms with Crippen molar-refractivity contribution in [1.82, 2.24) is 4.31 Å². The largest absolute Gasteiger partial charge is 0.399 e. The predicted molar refractivity (Wildman–Crippen MR) is 77.1 cm³/mol. The maximum Gasteiger partial charge on any atom is 0.246 e. The van der Waals surface area contributed by atoms with Gasteiger partial charge >= 0.3 is 0 Å². The Morgan fingerprint density at radius 2 is 2.00 bits per heavy atom. The highest BCUT2D eigenvalue weighted by Crippen LogP contribution is 2.35. The Bertz CT molecular complexity index is 642. The maximum absolute atomic E-state index is 14.0. The molecule has 1 aromatic carbocycles. The van der Waals surface area contributed by atoms with Crippen molar-refractivity contribution in [1.29, 1.82) is 0 Å². The SMILES string of the molecule is CC(C)C1(O)CN(S(=O)(=O)c2cc(N)cc(Br)c2F)C1. The Hall–Kier alpha value is -0.700. The van der Waals surface area contributed by atoms with Gasteiger partial charge in [-0.25, -0.2) is 12.8 Å². The number of hydrogen-bond donors (Lipinski definition) is 2. The van der Waals surface area contributed by atoms with E-state index in [1.807, 2.05) is 13.8 Å². The fourth-order valence-corrected chi connectivity index (χ4v) is 4.31. The van der Waals surface area contributed by atoms with Crippen molar-refractivity contribution in [2.75, 3.05) is 18.8 Å². The van der Waals surface area contributed by atoms with E-state index in [4.69, 9.17) is 5.73 Å². The molecule has 1 heterocycles. The lowest BCUT2D eigenvalue weighted by atomic mass is 9.85. The summed E-state index contributed by atoms with van der Waals surface area (Å²) in [5.74, 6) is -0.953. The van der Waals surface area contributed by atoms with Crippen LogP contribution in [0.4, 0.5) is 10.1 Å². The van der Waals surface area contributed by atoms with Gasteiger partial charge in [0, 0.05) is 18.8 Å². The van der Waals surface area contributed by atoms with Crippen molar-refractivity contribution in [2.24, 2.45) is 5.92 Å². The van der Waals surface area contributed by atoms with Gasteiger partial charge in [-0.15, -0.1) is 0 Å². The van der Waals surface area contributed by atoms with Crippen LogP contribution in [0.5, 0.6) is 0 Å². The Morgan fingerprint density at radius 3 is 2.50 bits per heavy atom. The first-order valence-electron chi connectivity index (χ1n) is 6.05. The zero-order chi connectivity index (χ0) is 15.3. The van der Waals surface area contributed by atoms with Crippen LogP contribution in [0.15, 0.2) is 21.5 Å². The first-order valence-corrected chi connectivity index (χ1v) is 8.28. The summed E-state index contributed by atoms with van der Waals surface area (Å²) < 4.78 is 39.7. The average Bonchev–Trinajstić information content (AvgIpc) is 2.29. The Kier molecular flexibility index (Phi) is 3.87. The topological polar surface area (TPSA) is 83.6 Å². The highest BCUT2D eigenvalue weighted by atomic mass is 79.9. The second kappa shape index (κ2) is 4.94. The highest BCUT2D eigenvalue weighted by Gasteiger charge is 2.49. The van der Waals surface area contributed by atoms with Gasteiger partial charge in [-0.05, 0) is 34.0 Å². The summed E-state index contributed by atoms with van der Waals surface area (Å²) in [7, 11) is -3.99. The summed E-state index contributed by atoms with van der Waals surface area (Å²) in [6.07, 6.45) is 0. The van der Waals surface area contributed by atoms with E-state index in [1.165, 1.54) is 6.07 Å². The molecule has 112 valence electrons. The summed E-state index contributed by atoms with van der Waals surface area (Å²) >= 11 is 2.94. The third kappa shape index (κ3) is 2.45. The van der Waals surface area contributed by atoms with Gasteiger partial charge in [0.05, 0.1) is 10.1 Å². The summed E-state index contributed by atoms with van der Waals surface area (Å²) in [5, 5.41) is 10.1. The van der Waals surface area contributed by atoms with Crippen LogP contribution in [0.1, 0.15) is 13.8 Å². The standard InChI is InChI=1S/C12H16BrFN2O3S/c1-7(2)12(17)5-16(6-12)20(18,19)10-4-8(15)3-9(13)11(10)14/h3-4,7,17H,5-6,15H2,1-2H3. The number of halogens is 2. The molecule has 0 radical (unpaired) electrons. The molecule has 1 fully saturated rings. The molecule has 0 atom stereocenters. The molecule has 20 heavy (non-hydrogen) atoms. The molecule has 0 saturated carbocycles. The molecule has 3 N–H and O–H groups in total. The van der Waals surface area contributed by atoms with E-state index in [2.05, 4.69) is 15.9 Å². The third-order valence-corrected chi connectivity index (χ3v) is 5.98. The van der Waals surface area contributed by atoms with Gasteiger partial charge in [-0.3, -0.25) is 0 Å². The van der Waals surface area contributed by atoms with Gasteiger partial charge in [0.15, 0.2) is 5.82 Å². The minimum absolute atomic E-state index is 0.00396. The molecular formula is C12H16BrFN2O3S. The van der Waals surface area contributed by atoms with Crippen molar-refractivity contribution >= 4 is 31.6 Å². The van der Waals surface area contributed by atoms with Gasteiger partial charge < -0.3 is 10.8 Å². The third-order valence-electron chi connectivity index (χ3n) is 3.61. The number of hydrogen-bond acceptors (Lipinski definition) is 4. The summed E-state index contributed by atoms with van der Waals surface area (Å²) in [5.41, 5.74) is 4.65. The van der Waals surface area contributed by atoms with Gasteiger partial charge in [0.2, 0.25) is 10.0 Å². The minimum Gasteiger partial charge on any atom is -0.399 e. The Labute approximate surface area is 125 Å². The minimum atomic E-state index is -3.99. The van der Waals surface area contributed by atoms with Gasteiger partial charge in [0.1, 0.15) is 4.90 Å². The number of rotatable bonds is 3. The number of anilines is 1. The molecule has 1 aromatic rings. The number of nitrogen functional groups attached to an aromatic ring is 1. The summed E-state index contributed by atoms with van der Waals surface area (Å²) in [6, 6.07) is 2.39. The van der Waals surface area contributed by atoms with E-state index in [0.29, 0.717) is 0 Å². The molecule has 8 heteroatoms. The van der Waals surface area contributed by atoms with Crippen LogP contribution in [-0.2, 0) is 10.0 Å². The zero-order valence-electron chi connectivity index (χ0n) is 11.1. The molecule has 1 saturated heterocycles. The van der Waals surface area contributed by atoms with E-state index in [9.17, 15) is 17.9 Å². The molecule has 1 aliphatic rings.